The molecule has 0 spiro atoms. The number of ether oxygens (including phenoxy) is 2. The number of rotatable bonds is 23. The van der Waals surface area contributed by atoms with Gasteiger partial charge in [-0.05, 0) is 73.6 Å². The first-order valence-corrected chi connectivity index (χ1v) is 18.0. The molecule has 0 fully saturated rings. The fraction of sp³-hybridized carbons (Fsp3) is 0.487. The molecule has 0 aliphatic rings. The van der Waals surface area contributed by atoms with E-state index in [4.69, 9.17) is 20.2 Å². The molecule has 0 saturated heterocycles. The lowest BCUT2D eigenvalue weighted by molar-refractivity contribution is 0.0935. The number of nitrogens with zero attached hydrogens (tertiary/aromatic N) is 2. The molecule has 1 aromatic heterocycles. The lowest BCUT2D eigenvalue weighted by Gasteiger charge is -2.28. The summed E-state index contributed by atoms with van der Waals surface area (Å²) in [6.45, 7) is 13.1. The summed E-state index contributed by atoms with van der Waals surface area (Å²) in [6, 6.07) is 13.7. The van der Waals surface area contributed by atoms with Crippen LogP contribution in [0.1, 0.15) is 97.0 Å². The first-order valence-electron chi connectivity index (χ1n) is 17.2. The molecule has 8 heteroatoms. The third-order valence-electron chi connectivity index (χ3n) is 8.33. The smallest absolute Gasteiger partial charge is 0.251 e. The Kier molecular flexibility index (Phi) is 17.1. The number of nitrogen functional groups attached to an aromatic ring is 1. The number of aromatic nitrogens is 1. The summed E-state index contributed by atoms with van der Waals surface area (Å²) in [6.07, 6.45) is 15.5. The zero-order valence-corrected chi connectivity index (χ0v) is 29.8. The van der Waals surface area contributed by atoms with Gasteiger partial charge in [0.2, 0.25) is 0 Å². The molecule has 47 heavy (non-hydrogen) atoms. The van der Waals surface area contributed by atoms with Crippen LogP contribution in [-0.4, -0.2) is 44.3 Å². The second-order valence-corrected chi connectivity index (χ2v) is 13.4. The van der Waals surface area contributed by atoms with Gasteiger partial charge in [-0.25, -0.2) is 4.98 Å². The van der Waals surface area contributed by atoms with E-state index in [1.807, 2.05) is 54.8 Å². The SMILES string of the molecule is C=CCCN(CCOC/C=C/OC)c1cc(C(=O)NC(Cc2ccc(N)cc2)c2csc(C)n2)ccc1CC(C)CCCCCCC. The van der Waals surface area contributed by atoms with Crippen LogP contribution >= 0.6 is 11.3 Å². The Morgan fingerprint density at radius 3 is 2.60 bits per heavy atom. The van der Waals surface area contributed by atoms with Crippen LogP contribution in [-0.2, 0) is 22.3 Å². The fourth-order valence-electron chi connectivity index (χ4n) is 5.71. The van der Waals surface area contributed by atoms with Gasteiger partial charge in [-0.2, -0.15) is 0 Å². The highest BCUT2D eigenvalue weighted by Crippen LogP contribution is 2.28. The van der Waals surface area contributed by atoms with E-state index in [0.29, 0.717) is 37.7 Å². The number of unbranched alkanes of at least 4 members (excludes halogenated alkanes) is 4. The van der Waals surface area contributed by atoms with Crippen molar-refractivity contribution in [1.29, 1.82) is 0 Å². The third-order valence-corrected chi connectivity index (χ3v) is 9.12. The largest absolute Gasteiger partial charge is 0.505 e. The van der Waals surface area contributed by atoms with Gasteiger partial charge in [0.1, 0.15) is 0 Å². The number of anilines is 2. The summed E-state index contributed by atoms with van der Waals surface area (Å²) >= 11 is 1.59. The third kappa shape index (κ3) is 13.6. The minimum atomic E-state index is -0.266. The van der Waals surface area contributed by atoms with Crippen LogP contribution < -0.4 is 16.0 Å². The van der Waals surface area contributed by atoms with Gasteiger partial charge in [-0.15, -0.1) is 17.9 Å². The number of carbonyl (C=O) groups is 1. The first-order chi connectivity index (χ1) is 22.8. The van der Waals surface area contributed by atoms with Gasteiger partial charge >= 0.3 is 0 Å². The second-order valence-electron chi connectivity index (χ2n) is 12.4. The molecule has 256 valence electrons. The average Bonchev–Trinajstić information content (AvgIpc) is 3.51. The molecule has 2 aromatic carbocycles. The van der Waals surface area contributed by atoms with Gasteiger partial charge < -0.3 is 25.4 Å². The Labute approximate surface area is 287 Å². The Hall–Kier alpha value is -3.62. The van der Waals surface area contributed by atoms with Crippen molar-refractivity contribution in [1.82, 2.24) is 10.3 Å². The molecule has 3 aromatic rings. The molecule has 1 amide bonds. The predicted molar refractivity (Wildman–Crippen MR) is 198 cm³/mol. The molecular formula is C39H56N4O3S. The van der Waals surface area contributed by atoms with Gasteiger partial charge in [0.15, 0.2) is 0 Å². The van der Waals surface area contributed by atoms with Crippen molar-refractivity contribution < 1.29 is 14.3 Å². The summed E-state index contributed by atoms with van der Waals surface area (Å²) in [4.78, 5) is 21.0. The lowest BCUT2D eigenvalue weighted by Crippen LogP contribution is -2.32. The van der Waals surface area contributed by atoms with E-state index in [2.05, 4.69) is 42.8 Å². The second kappa shape index (κ2) is 21.3. The van der Waals surface area contributed by atoms with E-state index < -0.39 is 0 Å². The number of nitrogens with two attached hydrogens (primary N) is 1. The highest BCUT2D eigenvalue weighted by molar-refractivity contribution is 7.09. The van der Waals surface area contributed by atoms with Crippen LogP contribution in [0.5, 0.6) is 0 Å². The maximum Gasteiger partial charge on any atom is 0.251 e. The standard InChI is InChI=1S/C39H56N4O3S/c1-6-8-10-11-12-14-30(3)26-33-17-18-34(28-38(33)43(21-9-7-2)22-25-46-24-13-23-45-5)39(44)42-36(37-29-47-31(4)41-37)27-32-15-19-35(40)20-16-32/h7,13,15-20,23,28-30,36H,2,6,8-12,14,21-22,24-27,40H2,1,3-5H3,(H,42,44)/b23-13+. The first kappa shape index (κ1) is 37.8. The predicted octanol–water partition coefficient (Wildman–Crippen LogP) is 8.85. The van der Waals surface area contributed by atoms with Gasteiger partial charge in [0.25, 0.3) is 5.91 Å². The maximum atomic E-state index is 14.0. The molecule has 2 unspecified atom stereocenters. The van der Waals surface area contributed by atoms with Crippen molar-refractivity contribution in [3.63, 3.8) is 0 Å². The molecule has 0 bridgehead atoms. The monoisotopic (exact) mass is 660 g/mol. The number of benzene rings is 2. The summed E-state index contributed by atoms with van der Waals surface area (Å²) < 4.78 is 10.9. The molecule has 1 heterocycles. The topological polar surface area (TPSA) is 89.7 Å². The molecule has 7 nitrogen and oxygen atoms in total. The molecule has 0 aliphatic carbocycles. The van der Waals surface area contributed by atoms with Crippen LogP contribution in [0.25, 0.3) is 0 Å². The number of hydrogen-bond acceptors (Lipinski definition) is 7. The van der Waals surface area contributed by atoms with Crippen molar-refractivity contribution in [2.75, 3.05) is 44.0 Å². The zero-order chi connectivity index (χ0) is 33.9. The molecule has 2 atom stereocenters. The molecule has 0 aliphatic heterocycles. The van der Waals surface area contributed by atoms with Crippen molar-refractivity contribution in [2.24, 2.45) is 5.92 Å². The Balaban J connectivity index is 1.87. The van der Waals surface area contributed by atoms with E-state index in [0.717, 1.165) is 47.0 Å². The van der Waals surface area contributed by atoms with Crippen molar-refractivity contribution >= 4 is 28.6 Å². The van der Waals surface area contributed by atoms with Crippen LogP contribution in [0.15, 0.2) is 72.8 Å². The number of methoxy groups -OCH3 is 1. The highest BCUT2D eigenvalue weighted by Gasteiger charge is 2.21. The molecule has 3 rings (SSSR count). The molecule has 0 radical (unpaired) electrons. The number of amides is 1. The van der Waals surface area contributed by atoms with E-state index in [1.54, 1.807) is 24.7 Å². The van der Waals surface area contributed by atoms with Gasteiger partial charge in [-0.3, -0.25) is 4.79 Å². The van der Waals surface area contributed by atoms with Crippen molar-refractivity contribution in [3.05, 3.63) is 100 Å². The highest BCUT2D eigenvalue weighted by atomic mass is 32.1. The quantitative estimate of drug-likeness (QED) is 0.0457. The van der Waals surface area contributed by atoms with Crippen LogP contribution in [0.2, 0.25) is 0 Å². The zero-order valence-electron chi connectivity index (χ0n) is 29.0. The average molecular weight is 661 g/mol. The summed E-state index contributed by atoms with van der Waals surface area (Å²) in [5, 5.41) is 6.32. The number of thiazole rings is 1. The van der Waals surface area contributed by atoms with Gasteiger partial charge in [0, 0.05) is 35.4 Å². The summed E-state index contributed by atoms with van der Waals surface area (Å²) in [7, 11) is 1.63. The van der Waals surface area contributed by atoms with Crippen LogP contribution in [0, 0.1) is 12.8 Å². The van der Waals surface area contributed by atoms with E-state index >= 15 is 0 Å². The normalized spacial score (nSPS) is 12.6. The van der Waals surface area contributed by atoms with Gasteiger partial charge in [-0.1, -0.05) is 76.6 Å². The fourth-order valence-corrected chi connectivity index (χ4v) is 6.37. The number of nitrogens with one attached hydrogen (secondary N) is 1. The summed E-state index contributed by atoms with van der Waals surface area (Å²) in [5.41, 5.74) is 11.6. The number of aryl methyl sites for hydroxylation is 1. The van der Waals surface area contributed by atoms with Crippen molar-refractivity contribution in [3.8, 4) is 0 Å². The Bertz CT molecular complexity index is 1370. The number of carbonyl (C=O) groups excluding carboxylic acids is 1. The van der Waals surface area contributed by atoms with E-state index in [9.17, 15) is 4.79 Å². The molecule has 0 saturated carbocycles. The van der Waals surface area contributed by atoms with E-state index in [1.165, 1.54) is 44.1 Å². The lowest BCUT2D eigenvalue weighted by atomic mass is 9.93. The summed E-state index contributed by atoms with van der Waals surface area (Å²) in [5.74, 6) is 0.432. The van der Waals surface area contributed by atoms with Crippen molar-refractivity contribution in [2.45, 2.75) is 84.6 Å². The minimum Gasteiger partial charge on any atom is -0.505 e. The van der Waals surface area contributed by atoms with Gasteiger partial charge in [0.05, 0.1) is 43.3 Å². The maximum absolute atomic E-state index is 14.0. The minimum absolute atomic E-state index is 0.113. The van der Waals surface area contributed by atoms with Crippen LogP contribution in [0.3, 0.4) is 0 Å². The number of hydrogen-bond donors (Lipinski definition) is 2. The van der Waals surface area contributed by atoms with Crippen LogP contribution in [0.4, 0.5) is 11.4 Å². The Morgan fingerprint density at radius 1 is 1.11 bits per heavy atom. The molecule has 3 N–H and O–H groups in total. The molecular weight excluding hydrogens is 605 g/mol. The Morgan fingerprint density at radius 2 is 1.89 bits per heavy atom. The van der Waals surface area contributed by atoms with E-state index in [-0.39, 0.29) is 11.9 Å².